The summed E-state index contributed by atoms with van der Waals surface area (Å²) in [6.45, 7) is 1.93. The molecule has 0 heterocycles. The zero-order chi connectivity index (χ0) is 15.6. The van der Waals surface area contributed by atoms with Crippen LogP contribution < -0.4 is 10.5 Å². The van der Waals surface area contributed by atoms with Crippen LogP contribution >= 0.6 is 0 Å². The van der Waals surface area contributed by atoms with E-state index in [9.17, 15) is 17.2 Å². The molecule has 21 heavy (non-hydrogen) atoms. The van der Waals surface area contributed by atoms with Crippen molar-refractivity contribution in [3.05, 3.63) is 59.2 Å². The van der Waals surface area contributed by atoms with Crippen LogP contribution in [-0.2, 0) is 16.6 Å². The molecule has 7 heteroatoms. The number of aryl methyl sites for hydroxylation is 1. The van der Waals surface area contributed by atoms with Crippen LogP contribution in [0.25, 0.3) is 0 Å². The lowest BCUT2D eigenvalue weighted by Gasteiger charge is -2.12. The Morgan fingerprint density at radius 2 is 1.86 bits per heavy atom. The number of hydrogen-bond donors (Lipinski definition) is 2. The van der Waals surface area contributed by atoms with E-state index in [1.807, 2.05) is 0 Å². The summed E-state index contributed by atoms with van der Waals surface area (Å²) < 4.78 is 53.4. The molecule has 3 N–H and O–H groups in total. The molecule has 2 aromatic rings. The van der Waals surface area contributed by atoms with Gasteiger partial charge < -0.3 is 5.73 Å². The van der Waals surface area contributed by atoms with Crippen molar-refractivity contribution < 1.29 is 17.2 Å². The van der Waals surface area contributed by atoms with E-state index in [0.717, 1.165) is 17.7 Å². The van der Waals surface area contributed by atoms with E-state index in [4.69, 9.17) is 5.73 Å². The van der Waals surface area contributed by atoms with Gasteiger partial charge in [-0.25, -0.2) is 17.2 Å². The molecule has 0 saturated carbocycles. The highest BCUT2D eigenvalue weighted by molar-refractivity contribution is 7.92. The van der Waals surface area contributed by atoms with Crippen molar-refractivity contribution in [2.45, 2.75) is 18.4 Å². The average Bonchev–Trinajstić information content (AvgIpc) is 2.43. The van der Waals surface area contributed by atoms with E-state index in [1.165, 1.54) is 0 Å². The molecule has 0 spiro atoms. The number of rotatable bonds is 4. The van der Waals surface area contributed by atoms with Crippen LogP contribution in [-0.4, -0.2) is 8.42 Å². The second-order valence-electron chi connectivity index (χ2n) is 4.53. The van der Waals surface area contributed by atoms with E-state index in [0.29, 0.717) is 11.6 Å². The third-order valence-electron chi connectivity index (χ3n) is 2.96. The van der Waals surface area contributed by atoms with Crippen LogP contribution in [0.1, 0.15) is 11.1 Å². The summed E-state index contributed by atoms with van der Waals surface area (Å²) >= 11 is 0. The first kappa shape index (κ1) is 15.4. The normalized spacial score (nSPS) is 11.4. The van der Waals surface area contributed by atoms with E-state index in [2.05, 4.69) is 4.72 Å². The maximum absolute atomic E-state index is 13.6. The number of nitrogens with two attached hydrogens (primary N) is 1. The second-order valence-corrected chi connectivity index (χ2v) is 6.18. The van der Waals surface area contributed by atoms with E-state index >= 15 is 0 Å². The molecule has 4 nitrogen and oxygen atoms in total. The van der Waals surface area contributed by atoms with Crippen LogP contribution in [0.4, 0.5) is 14.5 Å². The van der Waals surface area contributed by atoms with Gasteiger partial charge in [0.2, 0.25) is 0 Å². The van der Waals surface area contributed by atoms with Crippen molar-refractivity contribution in [3.63, 3.8) is 0 Å². The summed E-state index contributed by atoms with van der Waals surface area (Å²) in [7, 11) is -4.22. The third-order valence-corrected chi connectivity index (χ3v) is 4.35. The third kappa shape index (κ3) is 3.37. The Bertz CT molecular complexity index is 777. The lowest BCUT2D eigenvalue weighted by molar-refractivity contribution is 0.555. The standard InChI is InChI=1S/C14H14F2N2O2S/c1-9-2-3-10(8-17)6-13(9)18-21(19,20)14-7-11(15)4-5-12(14)16/h2-7,18H,8,17H2,1H3. The molecule has 0 aliphatic carbocycles. The predicted octanol–water partition coefficient (Wildman–Crippen LogP) is 2.53. The highest BCUT2D eigenvalue weighted by Gasteiger charge is 2.20. The van der Waals surface area contributed by atoms with Gasteiger partial charge in [-0.15, -0.1) is 0 Å². The first-order chi connectivity index (χ1) is 9.83. The Morgan fingerprint density at radius 3 is 2.52 bits per heavy atom. The number of sulfonamides is 1. The molecule has 0 aromatic heterocycles. The SMILES string of the molecule is Cc1ccc(CN)cc1NS(=O)(=O)c1cc(F)ccc1F. The number of benzene rings is 2. The van der Waals surface area contributed by atoms with Crippen molar-refractivity contribution >= 4 is 15.7 Å². The summed E-state index contributed by atoms with van der Waals surface area (Å²) in [6.07, 6.45) is 0. The fourth-order valence-corrected chi connectivity index (χ4v) is 3.00. The van der Waals surface area contributed by atoms with Crippen LogP contribution in [0, 0.1) is 18.6 Å². The minimum Gasteiger partial charge on any atom is -0.326 e. The summed E-state index contributed by atoms with van der Waals surface area (Å²) in [6, 6.07) is 7.28. The molecular weight excluding hydrogens is 298 g/mol. The van der Waals surface area contributed by atoms with Crippen LogP contribution in [0.2, 0.25) is 0 Å². The number of anilines is 1. The van der Waals surface area contributed by atoms with Crippen molar-refractivity contribution in [2.75, 3.05) is 4.72 Å². The zero-order valence-corrected chi connectivity index (χ0v) is 12.0. The predicted molar refractivity (Wildman–Crippen MR) is 76.2 cm³/mol. The molecule has 0 unspecified atom stereocenters. The van der Waals surface area contributed by atoms with E-state index < -0.39 is 26.6 Å². The molecule has 2 aromatic carbocycles. The maximum atomic E-state index is 13.6. The molecule has 0 amide bonds. The minimum absolute atomic E-state index is 0.239. The van der Waals surface area contributed by atoms with Gasteiger partial charge in [-0.1, -0.05) is 12.1 Å². The Labute approximate surface area is 121 Å². The topological polar surface area (TPSA) is 72.2 Å². The van der Waals surface area contributed by atoms with Gasteiger partial charge in [0, 0.05) is 6.54 Å². The fraction of sp³-hybridized carbons (Fsp3) is 0.143. The van der Waals surface area contributed by atoms with Gasteiger partial charge in [0.25, 0.3) is 10.0 Å². The molecule has 0 aliphatic heterocycles. The largest absolute Gasteiger partial charge is 0.326 e. The quantitative estimate of drug-likeness (QED) is 0.911. The first-order valence-corrected chi connectivity index (χ1v) is 7.59. The lowest BCUT2D eigenvalue weighted by atomic mass is 10.1. The van der Waals surface area contributed by atoms with Crippen molar-refractivity contribution in [1.82, 2.24) is 0 Å². The highest BCUT2D eigenvalue weighted by atomic mass is 32.2. The average molecular weight is 312 g/mol. The molecule has 2 rings (SSSR count). The lowest BCUT2D eigenvalue weighted by Crippen LogP contribution is -2.16. The van der Waals surface area contributed by atoms with Gasteiger partial charge in [0.15, 0.2) is 0 Å². The smallest absolute Gasteiger partial charge is 0.264 e. The number of halogens is 2. The van der Waals surface area contributed by atoms with Gasteiger partial charge in [-0.05, 0) is 42.3 Å². The minimum atomic E-state index is -4.22. The van der Waals surface area contributed by atoms with Crippen molar-refractivity contribution in [3.8, 4) is 0 Å². The first-order valence-electron chi connectivity index (χ1n) is 6.11. The van der Waals surface area contributed by atoms with E-state index in [-0.39, 0.29) is 12.2 Å². The Morgan fingerprint density at radius 1 is 1.14 bits per heavy atom. The summed E-state index contributed by atoms with van der Waals surface area (Å²) in [5.74, 6) is -1.85. The summed E-state index contributed by atoms with van der Waals surface area (Å²) in [5.41, 5.74) is 7.15. The van der Waals surface area contributed by atoms with Gasteiger partial charge in [0.05, 0.1) is 5.69 Å². The molecule has 0 aliphatic rings. The Hall–Kier alpha value is -1.99. The van der Waals surface area contributed by atoms with Gasteiger partial charge >= 0.3 is 0 Å². The maximum Gasteiger partial charge on any atom is 0.264 e. The monoisotopic (exact) mass is 312 g/mol. The summed E-state index contributed by atoms with van der Waals surface area (Å²) in [4.78, 5) is -0.736. The zero-order valence-electron chi connectivity index (χ0n) is 11.2. The molecule has 0 fully saturated rings. The van der Waals surface area contributed by atoms with Crippen LogP contribution in [0.3, 0.4) is 0 Å². The molecule has 0 radical (unpaired) electrons. The Balaban J connectivity index is 2.44. The van der Waals surface area contributed by atoms with Gasteiger partial charge in [-0.3, -0.25) is 4.72 Å². The van der Waals surface area contributed by atoms with Gasteiger partial charge in [0.1, 0.15) is 16.5 Å². The number of nitrogens with one attached hydrogen (secondary N) is 1. The molecule has 0 atom stereocenters. The second kappa shape index (κ2) is 5.79. The molecule has 0 saturated heterocycles. The van der Waals surface area contributed by atoms with Crippen molar-refractivity contribution in [2.24, 2.45) is 5.73 Å². The molecule has 112 valence electrons. The number of hydrogen-bond acceptors (Lipinski definition) is 3. The van der Waals surface area contributed by atoms with Gasteiger partial charge in [-0.2, -0.15) is 0 Å². The van der Waals surface area contributed by atoms with Crippen LogP contribution in [0.15, 0.2) is 41.3 Å². The van der Waals surface area contributed by atoms with Crippen molar-refractivity contribution in [1.29, 1.82) is 0 Å². The van der Waals surface area contributed by atoms with Crippen LogP contribution in [0.5, 0.6) is 0 Å². The Kier molecular flexibility index (Phi) is 4.24. The summed E-state index contributed by atoms with van der Waals surface area (Å²) in [5, 5.41) is 0. The van der Waals surface area contributed by atoms with E-state index in [1.54, 1.807) is 25.1 Å². The molecular formula is C14H14F2N2O2S. The highest BCUT2D eigenvalue weighted by Crippen LogP contribution is 2.23. The molecule has 0 bridgehead atoms. The fourth-order valence-electron chi connectivity index (χ4n) is 1.79.